The summed E-state index contributed by atoms with van der Waals surface area (Å²) >= 11 is 0. The Morgan fingerprint density at radius 3 is 1.94 bits per heavy atom. The molecule has 0 spiro atoms. The molecule has 0 saturated carbocycles. The van der Waals surface area contributed by atoms with E-state index >= 15 is 0 Å². The highest BCUT2D eigenvalue weighted by molar-refractivity contribution is 7.88. The number of nitrogens with two attached hydrogens (primary N) is 1. The van der Waals surface area contributed by atoms with Gasteiger partial charge in [-0.2, -0.15) is 8.42 Å². The van der Waals surface area contributed by atoms with Crippen LogP contribution in [0.1, 0.15) is 58.3 Å². The van der Waals surface area contributed by atoms with E-state index in [9.17, 15) is 13.2 Å². The molecule has 0 saturated heterocycles. The van der Waals surface area contributed by atoms with E-state index < -0.39 is 21.0 Å². The predicted molar refractivity (Wildman–Crippen MR) is 68.7 cm³/mol. The molecule has 0 radical (unpaired) electrons. The lowest BCUT2D eigenvalue weighted by molar-refractivity contribution is -0.140. The van der Waals surface area contributed by atoms with Crippen molar-refractivity contribution in [2.24, 2.45) is 5.73 Å². The first-order valence-corrected chi connectivity index (χ1v) is 7.69. The fourth-order valence-corrected chi connectivity index (χ4v) is 2.31. The molecule has 0 aliphatic carbocycles. The van der Waals surface area contributed by atoms with E-state index in [0.29, 0.717) is 12.8 Å². The number of unbranched alkanes of at least 4 members (excludes halogenated alkanes) is 6. The molecule has 0 aliphatic rings. The summed E-state index contributed by atoms with van der Waals surface area (Å²) in [7, 11) is -4.79. The normalized spacial score (nSPS) is 15.3. The van der Waals surface area contributed by atoms with Gasteiger partial charge in [-0.05, 0) is 12.8 Å². The maximum atomic E-state index is 10.9. The zero-order chi connectivity index (χ0) is 14.2. The fourth-order valence-electron chi connectivity index (χ4n) is 1.69. The van der Waals surface area contributed by atoms with E-state index in [0.717, 1.165) is 25.7 Å². The van der Waals surface area contributed by atoms with Gasteiger partial charge in [-0.15, -0.1) is 0 Å². The van der Waals surface area contributed by atoms with Crippen LogP contribution in [0.15, 0.2) is 0 Å². The second kappa shape index (κ2) is 7.70. The molecule has 0 heterocycles. The fraction of sp³-hybridized carbons (Fsp3) is 0.909. The third-order valence-electron chi connectivity index (χ3n) is 2.97. The van der Waals surface area contributed by atoms with E-state index in [2.05, 4.69) is 6.92 Å². The van der Waals surface area contributed by atoms with Crippen molar-refractivity contribution >= 4 is 16.1 Å². The molecular formula is C11H23NO5S. The summed E-state index contributed by atoms with van der Waals surface area (Å²) in [6.07, 6.45) is 6.22. The Labute approximate surface area is 108 Å². The Kier molecular flexibility index (Phi) is 7.42. The minimum absolute atomic E-state index is 0.269. The van der Waals surface area contributed by atoms with Gasteiger partial charge in [0.15, 0.2) is 0 Å². The first kappa shape index (κ1) is 17.3. The van der Waals surface area contributed by atoms with E-state index in [1.54, 1.807) is 0 Å². The lowest BCUT2D eigenvalue weighted by Gasteiger charge is -2.20. The van der Waals surface area contributed by atoms with Gasteiger partial charge in [0.05, 0.1) is 0 Å². The van der Waals surface area contributed by atoms with Gasteiger partial charge >= 0.3 is 5.97 Å². The molecule has 1 atom stereocenters. The van der Waals surface area contributed by atoms with Crippen LogP contribution >= 0.6 is 0 Å². The van der Waals surface area contributed by atoms with Crippen molar-refractivity contribution in [1.29, 1.82) is 0 Å². The van der Waals surface area contributed by atoms with Crippen molar-refractivity contribution < 1.29 is 22.9 Å². The first-order valence-electron chi connectivity index (χ1n) is 6.25. The number of hydrogen-bond acceptors (Lipinski definition) is 4. The van der Waals surface area contributed by atoms with E-state index in [1.165, 1.54) is 6.42 Å². The van der Waals surface area contributed by atoms with Gasteiger partial charge in [0.25, 0.3) is 10.1 Å². The average molecular weight is 281 g/mol. The molecule has 6 nitrogen and oxygen atoms in total. The number of carboxylic acids is 1. The van der Waals surface area contributed by atoms with Gasteiger partial charge in [0.1, 0.15) is 0 Å². The average Bonchev–Trinajstić information content (AvgIpc) is 2.25. The Morgan fingerprint density at radius 1 is 1.11 bits per heavy atom. The maximum Gasteiger partial charge on any atom is 0.342 e. The monoisotopic (exact) mass is 281 g/mol. The summed E-state index contributed by atoms with van der Waals surface area (Å²) in [5.41, 5.74) is 5.24. The molecule has 0 aromatic carbocycles. The molecule has 0 amide bonds. The van der Waals surface area contributed by atoms with Crippen molar-refractivity contribution in [3.63, 3.8) is 0 Å². The molecule has 108 valence electrons. The van der Waals surface area contributed by atoms with Crippen LogP contribution in [0, 0.1) is 0 Å². The van der Waals surface area contributed by atoms with Crippen molar-refractivity contribution in [3.05, 3.63) is 0 Å². The Balaban J connectivity index is 4.06. The minimum atomic E-state index is -4.79. The van der Waals surface area contributed by atoms with Gasteiger partial charge in [-0.3, -0.25) is 4.55 Å². The van der Waals surface area contributed by atoms with Gasteiger partial charge in [-0.1, -0.05) is 45.4 Å². The van der Waals surface area contributed by atoms with Crippen molar-refractivity contribution in [2.45, 2.75) is 63.2 Å². The largest absolute Gasteiger partial charge is 0.479 e. The van der Waals surface area contributed by atoms with Crippen molar-refractivity contribution in [3.8, 4) is 0 Å². The highest BCUT2D eigenvalue weighted by Gasteiger charge is 2.46. The minimum Gasteiger partial charge on any atom is -0.479 e. The number of hydrogen-bond donors (Lipinski definition) is 3. The predicted octanol–water partition coefficient (Wildman–Crippen LogP) is 1.75. The van der Waals surface area contributed by atoms with Gasteiger partial charge < -0.3 is 10.8 Å². The second-order valence-corrected chi connectivity index (χ2v) is 6.22. The molecule has 0 aromatic rings. The molecule has 0 aromatic heterocycles. The van der Waals surface area contributed by atoms with E-state index in [-0.39, 0.29) is 6.42 Å². The van der Waals surface area contributed by atoms with Gasteiger partial charge in [-0.25, -0.2) is 4.79 Å². The number of carbonyl (C=O) groups is 1. The zero-order valence-electron chi connectivity index (χ0n) is 10.8. The Hall–Kier alpha value is -0.660. The third kappa shape index (κ3) is 5.32. The number of carboxylic acid groups (broad SMARTS) is 1. The Bertz CT molecular complexity index is 354. The highest BCUT2D eigenvalue weighted by Crippen LogP contribution is 2.19. The summed E-state index contributed by atoms with van der Waals surface area (Å²) in [5.74, 6) is -1.71. The number of aliphatic carboxylic acids is 1. The zero-order valence-corrected chi connectivity index (χ0v) is 11.6. The molecule has 0 fully saturated rings. The van der Waals surface area contributed by atoms with Crippen molar-refractivity contribution in [1.82, 2.24) is 0 Å². The summed E-state index contributed by atoms with van der Waals surface area (Å²) in [5, 5.41) is 8.78. The van der Waals surface area contributed by atoms with Crippen LogP contribution in [0.4, 0.5) is 0 Å². The molecule has 0 aliphatic heterocycles. The van der Waals surface area contributed by atoms with Crippen LogP contribution in [0.5, 0.6) is 0 Å². The highest BCUT2D eigenvalue weighted by atomic mass is 32.2. The number of rotatable bonds is 10. The molecular weight excluding hydrogens is 258 g/mol. The van der Waals surface area contributed by atoms with E-state index in [4.69, 9.17) is 15.4 Å². The summed E-state index contributed by atoms with van der Waals surface area (Å²) < 4.78 is 30.7. The summed E-state index contributed by atoms with van der Waals surface area (Å²) in [6, 6.07) is 0. The maximum absolute atomic E-state index is 10.9. The Morgan fingerprint density at radius 2 is 1.56 bits per heavy atom. The van der Waals surface area contributed by atoms with Crippen LogP contribution in [0.3, 0.4) is 0 Å². The molecule has 0 rings (SSSR count). The SMILES string of the molecule is CCCCCCCCCC(N)(C(=O)O)S(=O)(=O)O. The van der Waals surface area contributed by atoms with Crippen LogP contribution in [0.2, 0.25) is 0 Å². The standard InChI is InChI=1S/C11H23NO5S/c1-2-3-4-5-6-7-8-9-11(12,10(13)14)18(15,16)17/h2-9,12H2,1H3,(H,13,14)(H,15,16,17). The van der Waals surface area contributed by atoms with Gasteiger partial charge in [0, 0.05) is 0 Å². The smallest absolute Gasteiger partial charge is 0.342 e. The third-order valence-corrected chi connectivity index (χ3v) is 4.27. The van der Waals surface area contributed by atoms with Crippen LogP contribution in [-0.4, -0.2) is 28.9 Å². The second-order valence-electron chi connectivity index (χ2n) is 4.54. The molecule has 0 bridgehead atoms. The van der Waals surface area contributed by atoms with Crippen LogP contribution in [-0.2, 0) is 14.9 Å². The summed E-state index contributed by atoms with van der Waals surface area (Å²) in [4.78, 5) is 8.24. The van der Waals surface area contributed by atoms with Gasteiger partial charge in [0.2, 0.25) is 4.87 Å². The first-order chi connectivity index (χ1) is 8.25. The topological polar surface area (TPSA) is 118 Å². The van der Waals surface area contributed by atoms with Crippen LogP contribution < -0.4 is 5.73 Å². The quantitative estimate of drug-likeness (QED) is 0.415. The van der Waals surface area contributed by atoms with E-state index in [1.807, 2.05) is 0 Å². The van der Waals surface area contributed by atoms with Crippen LogP contribution in [0.25, 0.3) is 0 Å². The molecule has 4 N–H and O–H groups in total. The lowest BCUT2D eigenvalue weighted by Crippen LogP contribution is -2.54. The lowest BCUT2D eigenvalue weighted by atomic mass is 10.1. The van der Waals surface area contributed by atoms with Crippen molar-refractivity contribution in [2.75, 3.05) is 0 Å². The molecule has 1 unspecified atom stereocenters. The molecule has 7 heteroatoms. The molecule has 18 heavy (non-hydrogen) atoms. The summed E-state index contributed by atoms with van der Waals surface area (Å²) in [6.45, 7) is 2.11.